The summed E-state index contributed by atoms with van der Waals surface area (Å²) in [6.07, 6.45) is 0. The highest BCUT2D eigenvalue weighted by Crippen LogP contribution is 2.42. The summed E-state index contributed by atoms with van der Waals surface area (Å²) in [6.45, 7) is 0. The van der Waals surface area contributed by atoms with Gasteiger partial charge >= 0.3 is 0 Å². The second-order valence-electron chi connectivity index (χ2n) is 14.5. The molecule has 8 aromatic carbocycles. The molecule has 0 amide bonds. The van der Waals surface area contributed by atoms with Crippen molar-refractivity contribution in [2.24, 2.45) is 0 Å². The van der Waals surface area contributed by atoms with E-state index in [2.05, 4.69) is 167 Å². The Morgan fingerprint density at radius 3 is 1.45 bits per heavy atom. The van der Waals surface area contributed by atoms with Crippen molar-refractivity contribution in [2.75, 3.05) is 0 Å². The number of hydrogen-bond donors (Lipinski definition) is 0. The summed E-state index contributed by atoms with van der Waals surface area (Å²) < 4.78 is 4.73. The minimum absolute atomic E-state index is 0.626. The molecule has 0 saturated carbocycles. The van der Waals surface area contributed by atoms with Crippen molar-refractivity contribution in [1.82, 2.24) is 19.1 Å². The van der Waals surface area contributed by atoms with E-state index in [1.807, 2.05) is 48.5 Å². The zero-order chi connectivity index (χ0) is 38.6. The van der Waals surface area contributed by atoms with Crippen LogP contribution >= 0.6 is 0 Å². The summed E-state index contributed by atoms with van der Waals surface area (Å²) in [6, 6.07) is 72.0. The lowest BCUT2D eigenvalue weighted by Crippen LogP contribution is -2.03. The van der Waals surface area contributed by atoms with Crippen LogP contribution in [0.15, 0.2) is 200 Å². The van der Waals surface area contributed by atoms with Gasteiger partial charge in [0.1, 0.15) is 0 Å². The molecule has 5 heteroatoms. The summed E-state index contributed by atoms with van der Waals surface area (Å²) in [4.78, 5) is 10.5. The van der Waals surface area contributed by atoms with Crippen molar-refractivity contribution >= 4 is 43.6 Å². The molecule has 270 valence electrons. The van der Waals surface area contributed by atoms with Crippen LogP contribution in [-0.2, 0) is 0 Å². The molecule has 5 nitrogen and oxygen atoms in total. The van der Waals surface area contributed by atoms with E-state index in [1.54, 1.807) is 0 Å². The minimum Gasteiger partial charge on any atom is -0.309 e. The van der Waals surface area contributed by atoms with E-state index in [1.165, 1.54) is 10.8 Å². The van der Waals surface area contributed by atoms with Crippen LogP contribution in [0.1, 0.15) is 5.56 Å². The number of aromatic nitrogens is 4. The number of rotatable bonds is 6. The van der Waals surface area contributed by atoms with Crippen molar-refractivity contribution in [2.45, 2.75) is 0 Å². The minimum atomic E-state index is 0.626. The highest BCUT2D eigenvalue weighted by atomic mass is 15.0. The molecule has 11 rings (SSSR count). The Morgan fingerprint density at radius 1 is 0.362 bits per heavy atom. The van der Waals surface area contributed by atoms with E-state index in [0.717, 1.165) is 83.4 Å². The smallest absolute Gasteiger partial charge is 0.160 e. The van der Waals surface area contributed by atoms with Gasteiger partial charge in [0.2, 0.25) is 0 Å². The topological polar surface area (TPSA) is 59.4 Å². The third-order valence-corrected chi connectivity index (χ3v) is 11.2. The first-order chi connectivity index (χ1) is 28.7. The number of nitrogens with zero attached hydrogens (tertiary/aromatic N) is 5. The van der Waals surface area contributed by atoms with Gasteiger partial charge in [-0.25, -0.2) is 9.97 Å². The Bertz CT molecular complexity index is 3290. The van der Waals surface area contributed by atoms with Crippen LogP contribution in [0.4, 0.5) is 0 Å². The summed E-state index contributed by atoms with van der Waals surface area (Å²) in [5.41, 5.74) is 13.8. The van der Waals surface area contributed by atoms with Crippen molar-refractivity contribution in [1.29, 1.82) is 5.26 Å². The Balaban J connectivity index is 1.22. The molecule has 0 N–H and O–H groups in total. The maximum absolute atomic E-state index is 9.96. The largest absolute Gasteiger partial charge is 0.309 e. The Hall–Kier alpha value is -8.07. The maximum atomic E-state index is 9.96. The van der Waals surface area contributed by atoms with Gasteiger partial charge in [0, 0.05) is 49.4 Å². The zero-order valence-electron chi connectivity index (χ0n) is 31.3. The van der Waals surface area contributed by atoms with Crippen LogP contribution < -0.4 is 0 Å². The number of hydrogen-bond acceptors (Lipinski definition) is 3. The molecule has 0 aliphatic carbocycles. The van der Waals surface area contributed by atoms with Gasteiger partial charge in [-0.2, -0.15) is 5.26 Å². The molecule has 11 aromatic rings. The van der Waals surface area contributed by atoms with Crippen LogP contribution in [-0.4, -0.2) is 19.1 Å². The first-order valence-electron chi connectivity index (χ1n) is 19.4. The van der Waals surface area contributed by atoms with Gasteiger partial charge in [-0.15, -0.1) is 0 Å². The number of benzene rings is 8. The SMILES string of the molecule is N#Cc1ccc2c(c1)c1ccccc1n2-c1cc(-c2nc(-c3ccccc3)cc(-c3ccccc3)n2)ccc1-c1ccccc1-n1c2ccccc2c2ccccc21. The van der Waals surface area contributed by atoms with Gasteiger partial charge in [0.05, 0.1) is 56.5 Å². The molecule has 0 bridgehead atoms. The molecule has 0 fully saturated rings. The van der Waals surface area contributed by atoms with Crippen molar-refractivity contribution in [3.8, 4) is 62.5 Å². The summed E-state index contributed by atoms with van der Waals surface area (Å²) >= 11 is 0. The highest BCUT2D eigenvalue weighted by molar-refractivity contribution is 6.11. The fourth-order valence-electron chi connectivity index (χ4n) is 8.55. The number of fused-ring (bicyclic) bond motifs is 6. The van der Waals surface area contributed by atoms with Gasteiger partial charge < -0.3 is 9.13 Å². The summed E-state index contributed by atoms with van der Waals surface area (Å²) in [7, 11) is 0. The van der Waals surface area contributed by atoms with E-state index >= 15 is 0 Å². The van der Waals surface area contributed by atoms with Crippen molar-refractivity contribution in [3.05, 3.63) is 206 Å². The molecule has 0 aliphatic heterocycles. The Morgan fingerprint density at radius 2 is 0.845 bits per heavy atom. The van der Waals surface area contributed by atoms with Crippen LogP contribution in [0.25, 0.3) is 100 Å². The molecule has 0 saturated heterocycles. The van der Waals surface area contributed by atoms with E-state index in [9.17, 15) is 5.26 Å². The van der Waals surface area contributed by atoms with Gasteiger partial charge in [-0.05, 0) is 54.6 Å². The van der Waals surface area contributed by atoms with Crippen LogP contribution in [0.3, 0.4) is 0 Å². The lowest BCUT2D eigenvalue weighted by molar-refractivity contribution is 1.15. The molecule has 0 radical (unpaired) electrons. The molecule has 0 aliphatic rings. The average Bonchev–Trinajstić information content (AvgIpc) is 3.82. The van der Waals surface area contributed by atoms with E-state index in [0.29, 0.717) is 11.4 Å². The fraction of sp³-hybridized carbons (Fsp3) is 0. The second-order valence-corrected chi connectivity index (χ2v) is 14.5. The fourth-order valence-corrected chi connectivity index (χ4v) is 8.55. The van der Waals surface area contributed by atoms with Crippen molar-refractivity contribution in [3.63, 3.8) is 0 Å². The average molecular weight is 740 g/mol. The standard InChI is InChI=1S/C53H33N5/c54-34-35-27-30-51-44(31-35)42-22-10-14-26-50(42)58(51)52-32-38(53-55-45(36-15-3-1-4-16-36)33-46(56-53)37-17-5-2-6-18-37)28-29-43(52)41-21-9-13-25-49(41)57-47-23-11-7-19-39(47)40-20-8-12-24-48(40)57/h1-33H. The first kappa shape index (κ1) is 33.3. The van der Waals surface area contributed by atoms with Gasteiger partial charge in [0.25, 0.3) is 0 Å². The van der Waals surface area contributed by atoms with Crippen LogP contribution in [0.2, 0.25) is 0 Å². The second kappa shape index (κ2) is 13.6. The molecule has 3 heterocycles. The van der Waals surface area contributed by atoms with Gasteiger partial charge in [0.15, 0.2) is 5.82 Å². The molecular weight excluding hydrogens is 707 g/mol. The Labute approximate surface area is 335 Å². The summed E-state index contributed by atoms with van der Waals surface area (Å²) in [5, 5.41) is 14.5. The molecule has 58 heavy (non-hydrogen) atoms. The third-order valence-electron chi connectivity index (χ3n) is 11.2. The van der Waals surface area contributed by atoms with Crippen molar-refractivity contribution < 1.29 is 0 Å². The van der Waals surface area contributed by atoms with E-state index < -0.39 is 0 Å². The molecule has 0 spiro atoms. The maximum Gasteiger partial charge on any atom is 0.160 e. The quantitative estimate of drug-likeness (QED) is 0.171. The predicted molar refractivity (Wildman–Crippen MR) is 237 cm³/mol. The lowest BCUT2D eigenvalue weighted by Gasteiger charge is -2.19. The molecule has 0 atom stereocenters. The predicted octanol–water partition coefficient (Wildman–Crippen LogP) is 13.2. The molecular formula is C53H33N5. The van der Waals surface area contributed by atoms with E-state index in [-0.39, 0.29) is 0 Å². The van der Waals surface area contributed by atoms with E-state index in [4.69, 9.17) is 9.97 Å². The Kier molecular flexibility index (Phi) is 7.80. The number of para-hydroxylation sites is 4. The monoisotopic (exact) mass is 739 g/mol. The third kappa shape index (κ3) is 5.39. The highest BCUT2D eigenvalue weighted by Gasteiger charge is 2.22. The summed E-state index contributed by atoms with van der Waals surface area (Å²) in [5.74, 6) is 0.635. The zero-order valence-corrected chi connectivity index (χ0v) is 31.3. The molecule has 3 aromatic heterocycles. The van der Waals surface area contributed by atoms with Crippen LogP contribution in [0, 0.1) is 11.3 Å². The number of nitriles is 1. The van der Waals surface area contributed by atoms with Crippen LogP contribution in [0.5, 0.6) is 0 Å². The molecule has 0 unspecified atom stereocenters. The normalized spacial score (nSPS) is 11.4. The van der Waals surface area contributed by atoms with Gasteiger partial charge in [-0.3, -0.25) is 0 Å². The first-order valence-corrected chi connectivity index (χ1v) is 19.4. The van der Waals surface area contributed by atoms with Gasteiger partial charge in [-0.1, -0.05) is 146 Å². The lowest BCUT2D eigenvalue weighted by atomic mass is 9.98.